The topological polar surface area (TPSA) is 73.8 Å². The van der Waals surface area contributed by atoms with E-state index < -0.39 is 15.6 Å². The first-order valence-corrected chi connectivity index (χ1v) is 10.2. The SMILES string of the molecule is C=CCCCN(C)C(=NC)NCc1ccccc1S(=O)(=O)NC(C)(C)C. The molecule has 2 N–H and O–H groups in total. The van der Waals surface area contributed by atoms with E-state index in [0.29, 0.717) is 12.1 Å². The van der Waals surface area contributed by atoms with Gasteiger partial charge in [0.2, 0.25) is 10.0 Å². The van der Waals surface area contributed by atoms with Gasteiger partial charge in [-0.1, -0.05) is 24.3 Å². The van der Waals surface area contributed by atoms with E-state index in [0.717, 1.165) is 25.3 Å². The molecule has 6 nitrogen and oxygen atoms in total. The Hall–Kier alpha value is -1.86. The Morgan fingerprint density at radius 1 is 1.31 bits per heavy atom. The molecule has 0 saturated carbocycles. The summed E-state index contributed by atoms with van der Waals surface area (Å²) < 4.78 is 28.1. The zero-order valence-electron chi connectivity index (χ0n) is 16.5. The molecule has 0 saturated heterocycles. The van der Waals surface area contributed by atoms with E-state index in [1.807, 2.05) is 50.9 Å². The molecule has 1 aromatic carbocycles. The van der Waals surface area contributed by atoms with Crippen LogP contribution in [-0.2, 0) is 16.6 Å². The summed E-state index contributed by atoms with van der Waals surface area (Å²) in [6.07, 6.45) is 3.83. The lowest BCUT2D eigenvalue weighted by Crippen LogP contribution is -2.41. The highest BCUT2D eigenvalue weighted by Crippen LogP contribution is 2.17. The molecule has 0 bridgehead atoms. The molecule has 0 aromatic heterocycles. The largest absolute Gasteiger partial charge is 0.352 e. The van der Waals surface area contributed by atoms with Gasteiger partial charge in [0, 0.05) is 32.7 Å². The molecule has 0 aliphatic rings. The van der Waals surface area contributed by atoms with Crippen molar-refractivity contribution in [2.45, 2.75) is 50.6 Å². The summed E-state index contributed by atoms with van der Waals surface area (Å²) in [6, 6.07) is 7.01. The van der Waals surface area contributed by atoms with E-state index in [1.54, 1.807) is 19.2 Å². The van der Waals surface area contributed by atoms with Crippen molar-refractivity contribution in [2.24, 2.45) is 4.99 Å². The van der Waals surface area contributed by atoms with Crippen LogP contribution in [0, 0.1) is 0 Å². The second-order valence-electron chi connectivity index (χ2n) is 7.22. The number of aliphatic imine (C=N–C) groups is 1. The van der Waals surface area contributed by atoms with Gasteiger partial charge in [-0.2, -0.15) is 0 Å². The normalized spacial score (nSPS) is 12.7. The first-order valence-electron chi connectivity index (χ1n) is 8.75. The van der Waals surface area contributed by atoms with Crippen molar-refractivity contribution in [1.29, 1.82) is 0 Å². The molecule has 0 spiro atoms. The summed E-state index contributed by atoms with van der Waals surface area (Å²) in [5.41, 5.74) is 0.158. The Morgan fingerprint density at radius 2 is 1.96 bits per heavy atom. The number of sulfonamides is 1. The predicted molar refractivity (Wildman–Crippen MR) is 109 cm³/mol. The van der Waals surface area contributed by atoms with Gasteiger partial charge in [-0.05, 0) is 45.2 Å². The molecule has 0 fully saturated rings. The van der Waals surface area contributed by atoms with E-state index in [-0.39, 0.29) is 4.90 Å². The maximum Gasteiger partial charge on any atom is 0.241 e. The van der Waals surface area contributed by atoms with Gasteiger partial charge in [0.05, 0.1) is 4.90 Å². The summed E-state index contributed by atoms with van der Waals surface area (Å²) in [6.45, 7) is 10.4. The van der Waals surface area contributed by atoms with Gasteiger partial charge in [0.15, 0.2) is 5.96 Å². The van der Waals surface area contributed by atoms with Crippen molar-refractivity contribution in [3.8, 4) is 0 Å². The molecule has 0 aliphatic carbocycles. The molecule has 0 aliphatic heterocycles. The third kappa shape index (κ3) is 7.17. The van der Waals surface area contributed by atoms with Crippen LogP contribution in [0.4, 0.5) is 0 Å². The molecule has 0 amide bonds. The van der Waals surface area contributed by atoms with Crippen LogP contribution in [0.2, 0.25) is 0 Å². The summed E-state index contributed by atoms with van der Waals surface area (Å²) in [5.74, 6) is 0.727. The summed E-state index contributed by atoms with van der Waals surface area (Å²) in [5, 5.41) is 3.25. The minimum absolute atomic E-state index is 0.284. The smallest absolute Gasteiger partial charge is 0.241 e. The lowest BCUT2D eigenvalue weighted by molar-refractivity contribution is 0.469. The van der Waals surface area contributed by atoms with Gasteiger partial charge in [0.1, 0.15) is 0 Å². The molecule has 7 heteroatoms. The molecule has 0 unspecified atom stereocenters. The second-order valence-corrected chi connectivity index (χ2v) is 8.87. The monoisotopic (exact) mass is 380 g/mol. The van der Waals surface area contributed by atoms with Gasteiger partial charge in [0.25, 0.3) is 0 Å². The van der Waals surface area contributed by atoms with Crippen LogP contribution >= 0.6 is 0 Å². The second kappa shape index (κ2) is 9.73. The number of benzene rings is 1. The molecule has 0 atom stereocenters. The van der Waals surface area contributed by atoms with Gasteiger partial charge in [-0.3, -0.25) is 4.99 Å². The van der Waals surface area contributed by atoms with Crippen molar-refractivity contribution in [2.75, 3.05) is 20.6 Å². The molecule has 26 heavy (non-hydrogen) atoms. The first-order chi connectivity index (χ1) is 12.1. The molecule has 0 radical (unpaired) electrons. The number of hydrogen-bond acceptors (Lipinski definition) is 3. The van der Waals surface area contributed by atoms with Crippen LogP contribution in [0.25, 0.3) is 0 Å². The van der Waals surface area contributed by atoms with E-state index >= 15 is 0 Å². The maximum atomic E-state index is 12.7. The van der Waals surface area contributed by atoms with E-state index in [1.165, 1.54) is 0 Å². The number of rotatable bonds is 8. The molecule has 0 heterocycles. The highest BCUT2D eigenvalue weighted by molar-refractivity contribution is 7.89. The number of unbranched alkanes of at least 4 members (excludes halogenated alkanes) is 1. The minimum atomic E-state index is -3.60. The van der Waals surface area contributed by atoms with E-state index in [2.05, 4.69) is 21.6 Å². The molecule has 146 valence electrons. The van der Waals surface area contributed by atoms with Crippen molar-refractivity contribution in [1.82, 2.24) is 14.9 Å². The van der Waals surface area contributed by atoms with Crippen LogP contribution in [0.15, 0.2) is 46.8 Å². The third-order valence-electron chi connectivity index (χ3n) is 3.61. The van der Waals surface area contributed by atoms with Crippen molar-refractivity contribution in [3.05, 3.63) is 42.5 Å². The van der Waals surface area contributed by atoms with Gasteiger partial charge < -0.3 is 10.2 Å². The lowest BCUT2D eigenvalue weighted by Gasteiger charge is -2.24. The van der Waals surface area contributed by atoms with Crippen molar-refractivity contribution < 1.29 is 8.42 Å². The van der Waals surface area contributed by atoms with Gasteiger partial charge in [-0.25, -0.2) is 13.1 Å². The van der Waals surface area contributed by atoms with Crippen LogP contribution in [0.1, 0.15) is 39.2 Å². The van der Waals surface area contributed by atoms with Crippen LogP contribution < -0.4 is 10.0 Å². The van der Waals surface area contributed by atoms with Gasteiger partial charge >= 0.3 is 0 Å². The number of allylic oxidation sites excluding steroid dienone is 1. The molecular formula is C19H32N4O2S. The zero-order valence-corrected chi connectivity index (χ0v) is 17.4. The number of nitrogens with one attached hydrogen (secondary N) is 2. The van der Waals surface area contributed by atoms with Crippen molar-refractivity contribution >= 4 is 16.0 Å². The molecule has 1 rings (SSSR count). The molecule has 1 aromatic rings. The Kier molecular flexibility index (Phi) is 8.30. The predicted octanol–water partition coefficient (Wildman–Crippen LogP) is 2.74. The first kappa shape index (κ1) is 22.2. The third-order valence-corrected chi connectivity index (χ3v) is 5.47. The van der Waals surface area contributed by atoms with Crippen LogP contribution in [-0.4, -0.2) is 45.5 Å². The Bertz CT molecular complexity index is 721. The lowest BCUT2D eigenvalue weighted by atomic mass is 10.1. The highest BCUT2D eigenvalue weighted by Gasteiger charge is 2.24. The Morgan fingerprint density at radius 3 is 2.54 bits per heavy atom. The van der Waals surface area contributed by atoms with Crippen molar-refractivity contribution in [3.63, 3.8) is 0 Å². The fraction of sp³-hybridized carbons (Fsp3) is 0.526. The van der Waals surface area contributed by atoms with Crippen LogP contribution in [0.5, 0.6) is 0 Å². The standard InChI is InChI=1S/C19H32N4O2S/c1-7-8-11-14-23(6)18(20-5)21-15-16-12-9-10-13-17(16)26(24,25)22-19(2,3)4/h7,9-10,12-13,22H,1,8,11,14-15H2,2-6H3,(H,20,21). The average Bonchev–Trinajstić information content (AvgIpc) is 2.54. The van der Waals surface area contributed by atoms with E-state index in [4.69, 9.17) is 0 Å². The fourth-order valence-corrected chi connectivity index (χ4v) is 4.17. The summed E-state index contributed by atoms with van der Waals surface area (Å²) >= 11 is 0. The number of hydrogen-bond donors (Lipinski definition) is 2. The summed E-state index contributed by atoms with van der Waals surface area (Å²) in [4.78, 5) is 6.58. The zero-order chi connectivity index (χ0) is 19.8. The highest BCUT2D eigenvalue weighted by atomic mass is 32.2. The Balaban J connectivity index is 2.90. The summed E-state index contributed by atoms with van der Waals surface area (Å²) in [7, 11) is 0.0833. The molecular weight excluding hydrogens is 348 g/mol. The quantitative estimate of drug-likeness (QED) is 0.315. The minimum Gasteiger partial charge on any atom is -0.352 e. The number of guanidine groups is 1. The average molecular weight is 381 g/mol. The van der Waals surface area contributed by atoms with E-state index in [9.17, 15) is 8.42 Å². The van der Waals surface area contributed by atoms with Gasteiger partial charge in [-0.15, -0.1) is 6.58 Å². The van der Waals surface area contributed by atoms with Crippen LogP contribution in [0.3, 0.4) is 0 Å². The maximum absolute atomic E-state index is 12.7. The fourth-order valence-electron chi connectivity index (χ4n) is 2.51. The Labute approximate surface area is 158 Å². The number of nitrogens with zero attached hydrogens (tertiary/aromatic N) is 2.